The topological polar surface area (TPSA) is 37.0 Å². The molecule has 3 nitrogen and oxygen atoms in total. The monoisotopic (exact) mass is 303 g/mol. The summed E-state index contributed by atoms with van der Waals surface area (Å²) in [5.74, 6) is 0.899. The van der Waals surface area contributed by atoms with Crippen molar-refractivity contribution in [2.75, 3.05) is 17.2 Å². The number of fused-ring (bicyclic) bond motifs is 1. The minimum Gasteiger partial charge on any atom is -0.379 e. The highest BCUT2D eigenvalue weighted by atomic mass is 79.9. The number of nitrogens with zero attached hydrogens (tertiary/aromatic N) is 1. The Balaban J connectivity index is 1.97. The molecule has 2 heterocycles. The fourth-order valence-corrected chi connectivity index (χ4v) is 2.56. The first-order valence-corrected chi connectivity index (χ1v) is 6.70. The van der Waals surface area contributed by atoms with E-state index in [1.807, 2.05) is 18.3 Å². The van der Waals surface area contributed by atoms with Crippen molar-refractivity contribution >= 4 is 27.4 Å². The summed E-state index contributed by atoms with van der Waals surface area (Å²) in [6.45, 7) is 3.02. The van der Waals surface area contributed by atoms with Crippen molar-refractivity contribution in [1.82, 2.24) is 4.98 Å². The van der Waals surface area contributed by atoms with Crippen LogP contribution in [0.3, 0.4) is 0 Å². The zero-order valence-electron chi connectivity index (χ0n) is 10.1. The molecule has 92 valence electrons. The predicted molar refractivity (Wildman–Crippen MR) is 77.8 cm³/mol. The normalized spacial score (nSPS) is 21.7. The SMILES string of the molecule is CC1(c2ccccc2)CNc2cc(Br)cnc2N1. The Bertz CT molecular complexity index is 571. The van der Waals surface area contributed by atoms with Gasteiger partial charge in [-0.25, -0.2) is 4.98 Å². The molecule has 0 saturated carbocycles. The van der Waals surface area contributed by atoms with Crippen molar-refractivity contribution in [2.24, 2.45) is 0 Å². The molecule has 0 bridgehead atoms. The molecule has 0 radical (unpaired) electrons. The van der Waals surface area contributed by atoms with Crippen LogP contribution in [0.15, 0.2) is 47.1 Å². The van der Waals surface area contributed by atoms with Gasteiger partial charge in [0.15, 0.2) is 0 Å². The van der Waals surface area contributed by atoms with E-state index < -0.39 is 0 Å². The lowest BCUT2D eigenvalue weighted by Gasteiger charge is -2.37. The summed E-state index contributed by atoms with van der Waals surface area (Å²) in [6.07, 6.45) is 1.81. The van der Waals surface area contributed by atoms with Gasteiger partial charge < -0.3 is 10.6 Å². The van der Waals surface area contributed by atoms with E-state index >= 15 is 0 Å². The van der Waals surface area contributed by atoms with E-state index in [0.717, 1.165) is 22.5 Å². The standard InChI is InChI=1S/C14H14BrN3/c1-14(10-5-3-2-4-6-10)9-17-12-7-11(15)8-16-13(12)18-14/h2-8,17H,9H2,1H3,(H,16,18). The summed E-state index contributed by atoms with van der Waals surface area (Å²) in [5.41, 5.74) is 2.17. The van der Waals surface area contributed by atoms with Crippen LogP contribution in [0, 0.1) is 0 Å². The Morgan fingerprint density at radius 2 is 2.06 bits per heavy atom. The maximum absolute atomic E-state index is 4.42. The van der Waals surface area contributed by atoms with Gasteiger partial charge in [0.2, 0.25) is 0 Å². The van der Waals surface area contributed by atoms with Gasteiger partial charge in [0.25, 0.3) is 0 Å². The zero-order chi connectivity index (χ0) is 12.6. The summed E-state index contributed by atoms with van der Waals surface area (Å²) >= 11 is 3.43. The van der Waals surface area contributed by atoms with Crippen LogP contribution in [0.25, 0.3) is 0 Å². The molecule has 3 rings (SSSR count). The zero-order valence-corrected chi connectivity index (χ0v) is 11.7. The molecule has 1 unspecified atom stereocenters. The van der Waals surface area contributed by atoms with Crippen LogP contribution < -0.4 is 10.6 Å². The van der Waals surface area contributed by atoms with Crippen molar-refractivity contribution in [1.29, 1.82) is 0 Å². The first kappa shape index (κ1) is 11.5. The molecule has 0 spiro atoms. The Labute approximate surface area is 115 Å². The molecule has 0 aliphatic carbocycles. The van der Waals surface area contributed by atoms with Crippen LogP contribution in [-0.2, 0) is 5.54 Å². The highest BCUT2D eigenvalue weighted by Crippen LogP contribution is 2.35. The van der Waals surface area contributed by atoms with Crippen LogP contribution >= 0.6 is 15.9 Å². The van der Waals surface area contributed by atoms with Crippen LogP contribution in [-0.4, -0.2) is 11.5 Å². The fraction of sp³-hybridized carbons (Fsp3) is 0.214. The number of rotatable bonds is 1. The number of pyridine rings is 1. The third kappa shape index (κ3) is 1.97. The highest BCUT2D eigenvalue weighted by molar-refractivity contribution is 9.10. The van der Waals surface area contributed by atoms with E-state index in [4.69, 9.17) is 0 Å². The predicted octanol–water partition coefficient (Wildman–Crippen LogP) is 3.60. The largest absolute Gasteiger partial charge is 0.379 e. The van der Waals surface area contributed by atoms with Gasteiger partial charge in [-0.15, -0.1) is 0 Å². The molecule has 1 atom stereocenters. The number of benzene rings is 1. The summed E-state index contributed by atoms with van der Waals surface area (Å²) in [7, 11) is 0. The fourth-order valence-electron chi connectivity index (χ4n) is 2.23. The van der Waals surface area contributed by atoms with Gasteiger partial charge in [0.05, 0.1) is 11.2 Å². The molecule has 0 saturated heterocycles. The summed E-state index contributed by atoms with van der Waals surface area (Å²) in [5, 5.41) is 6.96. The molecule has 1 aliphatic rings. The van der Waals surface area contributed by atoms with Gasteiger partial charge >= 0.3 is 0 Å². The first-order chi connectivity index (χ1) is 8.67. The van der Waals surface area contributed by atoms with Crippen molar-refractivity contribution in [2.45, 2.75) is 12.5 Å². The molecule has 1 aromatic heterocycles. The Hall–Kier alpha value is -1.55. The van der Waals surface area contributed by atoms with E-state index in [9.17, 15) is 0 Å². The Morgan fingerprint density at radius 1 is 1.28 bits per heavy atom. The van der Waals surface area contributed by atoms with Gasteiger partial charge in [-0.3, -0.25) is 0 Å². The maximum atomic E-state index is 4.42. The lowest BCUT2D eigenvalue weighted by atomic mass is 9.90. The quantitative estimate of drug-likeness (QED) is 0.845. The number of hydrogen-bond donors (Lipinski definition) is 2. The van der Waals surface area contributed by atoms with Gasteiger partial charge in [-0.1, -0.05) is 30.3 Å². The number of hydrogen-bond acceptors (Lipinski definition) is 3. The Morgan fingerprint density at radius 3 is 2.83 bits per heavy atom. The smallest absolute Gasteiger partial charge is 0.150 e. The summed E-state index contributed by atoms with van der Waals surface area (Å²) in [4.78, 5) is 4.42. The average molecular weight is 304 g/mol. The number of aromatic nitrogens is 1. The van der Waals surface area contributed by atoms with E-state index in [1.165, 1.54) is 5.56 Å². The summed E-state index contributed by atoms with van der Waals surface area (Å²) < 4.78 is 0.985. The number of halogens is 1. The van der Waals surface area contributed by atoms with Crippen LogP contribution in [0.2, 0.25) is 0 Å². The minimum absolute atomic E-state index is 0.130. The van der Waals surface area contributed by atoms with Crippen LogP contribution in [0.1, 0.15) is 12.5 Å². The molecule has 2 N–H and O–H groups in total. The average Bonchev–Trinajstić information content (AvgIpc) is 2.40. The van der Waals surface area contributed by atoms with E-state index in [2.05, 4.69) is 62.7 Å². The second-order valence-corrected chi connectivity index (χ2v) is 5.64. The lowest BCUT2D eigenvalue weighted by Crippen LogP contribution is -2.42. The third-order valence-corrected chi connectivity index (χ3v) is 3.73. The van der Waals surface area contributed by atoms with E-state index in [0.29, 0.717) is 0 Å². The van der Waals surface area contributed by atoms with Gasteiger partial charge in [0.1, 0.15) is 5.82 Å². The van der Waals surface area contributed by atoms with Crippen molar-refractivity contribution < 1.29 is 0 Å². The lowest BCUT2D eigenvalue weighted by molar-refractivity contribution is 0.561. The molecule has 2 aromatic rings. The number of anilines is 2. The van der Waals surface area contributed by atoms with Crippen molar-refractivity contribution in [3.63, 3.8) is 0 Å². The maximum Gasteiger partial charge on any atom is 0.150 e. The molecule has 4 heteroatoms. The van der Waals surface area contributed by atoms with Gasteiger partial charge in [-0.05, 0) is 34.5 Å². The second kappa shape index (κ2) is 4.28. The minimum atomic E-state index is -0.130. The molecule has 18 heavy (non-hydrogen) atoms. The van der Waals surface area contributed by atoms with Gasteiger partial charge in [0, 0.05) is 17.2 Å². The molecule has 1 aliphatic heterocycles. The molecular weight excluding hydrogens is 290 g/mol. The van der Waals surface area contributed by atoms with E-state index in [1.54, 1.807) is 0 Å². The van der Waals surface area contributed by atoms with Crippen molar-refractivity contribution in [3.05, 3.63) is 52.6 Å². The van der Waals surface area contributed by atoms with E-state index in [-0.39, 0.29) is 5.54 Å². The first-order valence-electron chi connectivity index (χ1n) is 5.90. The second-order valence-electron chi connectivity index (χ2n) is 4.73. The Kier molecular flexibility index (Phi) is 2.74. The third-order valence-electron chi connectivity index (χ3n) is 3.29. The van der Waals surface area contributed by atoms with Crippen molar-refractivity contribution in [3.8, 4) is 0 Å². The number of nitrogens with one attached hydrogen (secondary N) is 2. The van der Waals surface area contributed by atoms with Crippen LogP contribution in [0.4, 0.5) is 11.5 Å². The van der Waals surface area contributed by atoms with Crippen LogP contribution in [0.5, 0.6) is 0 Å². The highest BCUT2D eigenvalue weighted by Gasteiger charge is 2.31. The molecule has 0 amide bonds. The molecule has 0 fully saturated rings. The summed E-state index contributed by atoms with van der Waals surface area (Å²) in [6, 6.07) is 12.5. The molecule has 1 aromatic carbocycles. The molecular formula is C14H14BrN3. The van der Waals surface area contributed by atoms with Gasteiger partial charge in [-0.2, -0.15) is 0 Å².